The second kappa shape index (κ2) is 8.40. The SMILES string of the molecule is NCc1ccc(S(=O)(=O)c2ccc(S(=O)(=O)CCN3CCCCC3)cc2)s1. The molecule has 1 fully saturated rings. The van der Waals surface area contributed by atoms with E-state index in [0.717, 1.165) is 42.1 Å². The summed E-state index contributed by atoms with van der Waals surface area (Å²) in [7, 11) is -7.10. The van der Waals surface area contributed by atoms with Gasteiger partial charge in [-0.05, 0) is 62.3 Å². The van der Waals surface area contributed by atoms with E-state index in [-0.39, 0.29) is 26.3 Å². The van der Waals surface area contributed by atoms with Crippen LogP contribution in [-0.4, -0.2) is 47.1 Å². The quantitative estimate of drug-likeness (QED) is 0.727. The van der Waals surface area contributed by atoms with Crippen LogP contribution in [0.25, 0.3) is 0 Å². The van der Waals surface area contributed by atoms with E-state index in [4.69, 9.17) is 5.73 Å². The van der Waals surface area contributed by atoms with Gasteiger partial charge in [0.2, 0.25) is 9.84 Å². The molecule has 0 unspecified atom stereocenters. The molecule has 1 aliphatic rings. The zero-order valence-corrected chi connectivity index (χ0v) is 17.5. The molecule has 0 radical (unpaired) electrons. The zero-order chi connectivity index (χ0) is 19.5. The number of rotatable bonds is 7. The fourth-order valence-electron chi connectivity index (χ4n) is 3.10. The largest absolute Gasteiger partial charge is 0.326 e. The van der Waals surface area contributed by atoms with Crippen LogP contribution in [0.4, 0.5) is 0 Å². The molecule has 0 bridgehead atoms. The molecule has 148 valence electrons. The van der Waals surface area contributed by atoms with E-state index in [1.165, 1.54) is 36.8 Å². The Hall–Kier alpha value is -1.26. The van der Waals surface area contributed by atoms with Gasteiger partial charge in [0.25, 0.3) is 0 Å². The van der Waals surface area contributed by atoms with Crippen LogP contribution in [0.2, 0.25) is 0 Å². The van der Waals surface area contributed by atoms with Crippen LogP contribution in [0.5, 0.6) is 0 Å². The summed E-state index contributed by atoms with van der Waals surface area (Å²) < 4.78 is 50.7. The van der Waals surface area contributed by atoms with Crippen molar-refractivity contribution in [2.24, 2.45) is 5.73 Å². The fraction of sp³-hybridized carbons (Fsp3) is 0.444. The van der Waals surface area contributed by atoms with Gasteiger partial charge in [-0.3, -0.25) is 0 Å². The van der Waals surface area contributed by atoms with Gasteiger partial charge >= 0.3 is 0 Å². The molecular weight excluding hydrogens is 404 g/mol. The molecule has 3 rings (SSSR count). The summed E-state index contributed by atoms with van der Waals surface area (Å²) in [6.07, 6.45) is 3.43. The molecule has 0 atom stereocenters. The number of hydrogen-bond acceptors (Lipinski definition) is 7. The molecule has 0 amide bonds. The van der Waals surface area contributed by atoms with E-state index < -0.39 is 19.7 Å². The molecule has 0 spiro atoms. The third-order valence-electron chi connectivity index (χ3n) is 4.72. The second-order valence-corrected chi connectivity index (χ2v) is 12.1. The number of benzene rings is 1. The Morgan fingerprint density at radius 3 is 2.11 bits per heavy atom. The molecule has 2 N–H and O–H groups in total. The maximum atomic E-state index is 12.7. The van der Waals surface area contributed by atoms with Gasteiger partial charge in [0, 0.05) is 18.0 Å². The van der Waals surface area contributed by atoms with E-state index in [2.05, 4.69) is 4.90 Å². The van der Waals surface area contributed by atoms with E-state index in [0.29, 0.717) is 6.54 Å². The van der Waals surface area contributed by atoms with E-state index in [1.807, 2.05) is 0 Å². The maximum absolute atomic E-state index is 12.7. The minimum Gasteiger partial charge on any atom is -0.326 e. The highest BCUT2D eigenvalue weighted by Gasteiger charge is 2.22. The van der Waals surface area contributed by atoms with Crippen molar-refractivity contribution in [3.63, 3.8) is 0 Å². The summed E-state index contributed by atoms with van der Waals surface area (Å²) in [4.78, 5) is 3.20. The monoisotopic (exact) mass is 428 g/mol. The Labute approximate surface area is 164 Å². The Bertz CT molecular complexity index is 974. The predicted octanol–water partition coefficient (Wildman–Crippen LogP) is 2.30. The standard InChI is InChI=1S/C18H24N2O4S3/c19-14-15-4-9-18(25-15)27(23,24)17-7-5-16(6-8-17)26(21,22)13-12-20-10-2-1-3-11-20/h4-9H,1-3,10-14,19H2. The lowest BCUT2D eigenvalue weighted by Crippen LogP contribution is -2.33. The minimum atomic E-state index is -3.66. The number of likely N-dealkylation sites (tertiary alicyclic amines) is 1. The van der Waals surface area contributed by atoms with Crippen LogP contribution >= 0.6 is 11.3 Å². The first kappa shape index (κ1) is 20.5. The number of piperidine rings is 1. The maximum Gasteiger partial charge on any atom is 0.215 e. The molecule has 2 heterocycles. The van der Waals surface area contributed by atoms with Gasteiger partial charge in [-0.25, -0.2) is 16.8 Å². The Balaban J connectivity index is 1.73. The van der Waals surface area contributed by atoms with Gasteiger partial charge in [0.1, 0.15) is 4.21 Å². The fourth-order valence-corrected chi connectivity index (χ4v) is 7.03. The number of nitrogens with zero attached hydrogens (tertiary/aromatic N) is 1. The molecule has 9 heteroatoms. The predicted molar refractivity (Wildman–Crippen MR) is 106 cm³/mol. The van der Waals surface area contributed by atoms with E-state index in [9.17, 15) is 16.8 Å². The Morgan fingerprint density at radius 2 is 1.52 bits per heavy atom. The average Bonchev–Trinajstić information content (AvgIpc) is 3.18. The molecule has 0 aliphatic carbocycles. The van der Waals surface area contributed by atoms with Gasteiger partial charge in [0.05, 0.1) is 15.5 Å². The Kier molecular flexibility index (Phi) is 6.37. The molecule has 1 saturated heterocycles. The average molecular weight is 429 g/mol. The van der Waals surface area contributed by atoms with E-state index >= 15 is 0 Å². The van der Waals surface area contributed by atoms with Crippen molar-refractivity contribution in [1.29, 1.82) is 0 Å². The highest BCUT2D eigenvalue weighted by molar-refractivity contribution is 7.93. The van der Waals surface area contributed by atoms with Crippen LogP contribution < -0.4 is 5.73 Å². The molecular formula is C18H24N2O4S3. The third-order valence-corrected chi connectivity index (χ3v) is 9.80. The second-order valence-electron chi connectivity index (χ2n) is 6.62. The smallest absolute Gasteiger partial charge is 0.215 e. The van der Waals surface area contributed by atoms with Gasteiger partial charge in [-0.15, -0.1) is 11.3 Å². The summed E-state index contributed by atoms with van der Waals surface area (Å²) in [5.74, 6) is 0.0455. The van der Waals surface area contributed by atoms with Crippen molar-refractivity contribution < 1.29 is 16.8 Å². The lowest BCUT2D eigenvalue weighted by atomic mass is 10.1. The minimum absolute atomic E-state index is 0.0455. The topological polar surface area (TPSA) is 97.5 Å². The number of hydrogen-bond donors (Lipinski definition) is 1. The van der Waals surface area contributed by atoms with E-state index in [1.54, 1.807) is 6.07 Å². The van der Waals surface area contributed by atoms with Crippen LogP contribution in [0, 0.1) is 0 Å². The molecule has 2 aromatic rings. The third kappa shape index (κ3) is 4.78. The Morgan fingerprint density at radius 1 is 0.889 bits per heavy atom. The van der Waals surface area contributed by atoms with Gasteiger partial charge < -0.3 is 10.6 Å². The van der Waals surface area contributed by atoms with Crippen molar-refractivity contribution in [3.8, 4) is 0 Å². The van der Waals surface area contributed by atoms with Crippen molar-refractivity contribution in [1.82, 2.24) is 4.90 Å². The highest BCUT2D eigenvalue weighted by atomic mass is 32.2. The van der Waals surface area contributed by atoms with Gasteiger partial charge in [-0.1, -0.05) is 6.42 Å². The first-order valence-electron chi connectivity index (χ1n) is 8.92. The lowest BCUT2D eigenvalue weighted by Gasteiger charge is -2.26. The first-order valence-corrected chi connectivity index (χ1v) is 12.9. The lowest BCUT2D eigenvalue weighted by molar-refractivity contribution is 0.241. The summed E-state index contributed by atoms with van der Waals surface area (Å²) in [5, 5.41) is 0. The molecule has 0 saturated carbocycles. The van der Waals surface area contributed by atoms with Crippen molar-refractivity contribution in [3.05, 3.63) is 41.3 Å². The summed E-state index contributed by atoms with van der Waals surface area (Å²) in [6, 6.07) is 8.73. The van der Waals surface area contributed by atoms with Crippen LogP contribution in [-0.2, 0) is 26.2 Å². The molecule has 1 aliphatic heterocycles. The molecule has 6 nitrogen and oxygen atoms in total. The molecule has 1 aromatic heterocycles. The molecule has 1 aromatic carbocycles. The van der Waals surface area contributed by atoms with Gasteiger partial charge in [-0.2, -0.15) is 0 Å². The zero-order valence-electron chi connectivity index (χ0n) is 15.0. The number of thiophene rings is 1. The number of sulfone groups is 2. The van der Waals surface area contributed by atoms with Crippen molar-refractivity contribution in [2.45, 2.75) is 39.8 Å². The summed E-state index contributed by atoms with van der Waals surface area (Å²) in [5.41, 5.74) is 5.54. The van der Waals surface area contributed by atoms with Crippen LogP contribution in [0.3, 0.4) is 0 Å². The van der Waals surface area contributed by atoms with Crippen molar-refractivity contribution in [2.75, 3.05) is 25.4 Å². The van der Waals surface area contributed by atoms with Gasteiger partial charge in [0.15, 0.2) is 9.84 Å². The first-order chi connectivity index (χ1) is 12.8. The van der Waals surface area contributed by atoms with Crippen molar-refractivity contribution >= 4 is 31.0 Å². The van der Waals surface area contributed by atoms with Crippen LogP contribution in [0.1, 0.15) is 24.1 Å². The molecule has 27 heavy (non-hydrogen) atoms. The summed E-state index contributed by atoms with van der Waals surface area (Å²) in [6.45, 7) is 2.68. The van der Waals surface area contributed by atoms with Crippen LogP contribution in [0.15, 0.2) is 50.4 Å². The summed E-state index contributed by atoms with van der Waals surface area (Å²) >= 11 is 1.13. The normalized spacial score (nSPS) is 16.5. The number of nitrogens with two attached hydrogens (primary N) is 1. The highest BCUT2D eigenvalue weighted by Crippen LogP contribution is 2.28.